The quantitative estimate of drug-likeness (QED) is 0.0222. The Balaban J connectivity index is 5.24. The van der Waals surface area contributed by atoms with Gasteiger partial charge in [-0.25, -0.2) is 9.13 Å². The van der Waals surface area contributed by atoms with Gasteiger partial charge in [-0.2, -0.15) is 0 Å². The molecule has 0 aliphatic carbocycles. The highest BCUT2D eigenvalue weighted by molar-refractivity contribution is 7.47. The van der Waals surface area contributed by atoms with E-state index in [1.165, 1.54) is 186 Å². The normalized spacial score (nSPS) is 14.1. The lowest BCUT2D eigenvalue weighted by molar-refractivity contribution is -0.161. The van der Waals surface area contributed by atoms with Gasteiger partial charge in [-0.15, -0.1) is 0 Å². The molecule has 0 amide bonds. The molecule has 0 rings (SSSR count). The van der Waals surface area contributed by atoms with Crippen LogP contribution in [0.15, 0.2) is 0 Å². The van der Waals surface area contributed by atoms with Gasteiger partial charge in [-0.05, 0) is 37.5 Å². The average Bonchev–Trinajstić information content (AvgIpc) is 2.45. The van der Waals surface area contributed by atoms with Gasteiger partial charge in [-0.3, -0.25) is 37.3 Å². The van der Waals surface area contributed by atoms with Crippen molar-refractivity contribution in [3.63, 3.8) is 0 Å². The Hall–Kier alpha value is -1.94. The molecule has 0 aliphatic heterocycles. The summed E-state index contributed by atoms with van der Waals surface area (Å²) in [7, 11) is -9.90. The van der Waals surface area contributed by atoms with Crippen molar-refractivity contribution in [1.29, 1.82) is 0 Å². The molecule has 17 nitrogen and oxygen atoms in total. The zero-order valence-electron chi connectivity index (χ0n) is 59.1. The summed E-state index contributed by atoms with van der Waals surface area (Å²) in [4.78, 5) is 72.6. The number of ether oxygens (including phenoxy) is 4. The van der Waals surface area contributed by atoms with Crippen LogP contribution in [0.25, 0.3) is 0 Å². The van der Waals surface area contributed by atoms with Crippen molar-refractivity contribution in [2.45, 2.75) is 387 Å². The molecule has 0 saturated carbocycles. The van der Waals surface area contributed by atoms with Gasteiger partial charge < -0.3 is 33.8 Å². The fourth-order valence-electron chi connectivity index (χ4n) is 10.9. The van der Waals surface area contributed by atoms with Crippen LogP contribution < -0.4 is 0 Å². The summed E-state index contributed by atoms with van der Waals surface area (Å²) >= 11 is 0. The fraction of sp³-hybridized carbons (Fsp3) is 0.944. The number of phosphoric ester groups is 2. The number of hydrogen-bond acceptors (Lipinski definition) is 15. The number of rotatable bonds is 71. The second-order valence-corrected chi connectivity index (χ2v) is 29.8. The van der Waals surface area contributed by atoms with Gasteiger partial charge in [0.05, 0.1) is 26.4 Å². The number of esters is 4. The SMILES string of the molecule is CCCCCCCCCCCCCCCCC(=O)OC[C@H](COP(=O)(O)OC[C@@H](O)COP(=O)(O)OC[C@@H](COC(=O)CCCCCCCCCCC)OC(=O)CCCCCCCCCCCC(C)C)OC(=O)CCCCCCCCCCCCCCCC(C)C. The second kappa shape index (κ2) is 64.1. The first kappa shape index (κ1) is 89.1. The summed E-state index contributed by atoms with van der Waals surface area (Å²) in [6, 6.07) is 0. The van der Waals surface area contributed by atoms with E-state index in [-0.39, 0.29) is 25.7 Å². The number of phosphoric acid groups is 2. The number of carbonyl (C=O) groups is 4. The monoisotopic (exact) mass is 1340 g/mol. The molecule has 19 heteroatoms. The summed E-state index contributed by atoms with van der Waals surface area (Å²) in [6.07, 6.45) is 49.9. The van der Waals surface area contributed by atoms with Crippen molar-refractivity contribution < 1.29 is 80.2 Å². The van der Waals surface area contributed by atoms with Crippen molar-refractivity contribution in [2.24, 2.45) is 11.8 Å². The molecule has 91 heavy (non-hydrogen) atoms. The summed E-state index contributed by atoms with van der Waals surface area (Å²) in [5, 5.41) is 10.6. The number of aliphatic hydroxyl groups is 1. The highest BCUT2D eigenvalue weighted by Gasteiger charge is 2.30. The van der Waals surface area contributed by atoms with Crippen molar-refractivity contribution >= 4 is 39.5 Å². The van der Waals surface area contributed by atoms with E-state index in [9.17, 15) is 43.2 Å². The molecule has 0 fully saturated rings. The van der Waals surface area contributed by atoms with Crippen LogP contribution >= 0.6 is 15.6 Å². The smallest absolute Gasteiger partial charge is 0.462 e. The minimum absolute atomic E-state index is 0.105. The molecule has 0 heterocycles. The lowest BCUT2D eigenvalue weighted by Crippen LogP contribution is -2.30. The van der Waals surface area contributed by atoms with Gasteiger partial charge in [-0.1, -0.05) is 318 Å². The summed E-state index contributed by atoms with van der Waals surface area (Å²) in [5.74, 6) is -0.598. The Kier molecular flexibility index (Phi) is 62.7. The van der Waals surface area contributed by atoms with E-state index in [0.717, 1.165) is 102 Å². The Morgan fingerprint density at radius 3 is 0.747 bits per heavy atom. The van der Waals surface area contributed by atoms with Crippen LogP contribution in [0, 0.1) is 11.8 Å². The van der Waals surface area contributed by atoms with Crippen molar-refractivity contribution in [3.05, 3.63) is 0 Å². The molecule has 0 aliphatic rings. The van der Waals surface area contributed by atoms with Crippen molar-refractivity contribution in [2.75, 3.05) is 39.6 Å². The van der Waals surface area contributed by atoms with E-state index in [0.29, 0.717) is 25.7 Å². The van der Waals surface area contributed by atoms with E-state index in [1.54, 1.807) is 0 Å². The summed E-state index contributed by atoms with van der Waals surface area (Å²) < 4.78 is 68.3. The maximum atomic E-state index is 13.0. The molecule has 0 aromatic heterocycles. The van der Waals surface area contributed by atoms with E-state index in [1.807, 2.05) is 0 Å². The molecule has 0 bridgehead atoms. The predicted molar refractivity (Wildman–Crippen MR) is 368 cm³/mol. The van der Waals surface area contributed by atoms with Gasteiger partial charge in [0, 0.05) is 25.7 Å². The third-order valence-corrected chi connectivity index (χ3v) is 18.6. The molecule has 0 saturated heterocycles. The maximum Gasteiger partial charge on any atom is 0.472 e. The third kappa shape index (κ3) is 66.5. The van der Waals surface area contributed by atoms with Gasteiger partial charge in [0.15, 0.2) is 12.2 Å². The van der Waals surface area contributed by atoms with Crippen LogP contribution in [0.3, 0.4) is 0 Å². The molecule has 0 spiro atoms. The van der Waals surface area contributed by atoms with Crippen molar-refractivity contribution in [3.8, 4) is 0 Å². The van der Waals surface area contributed by atoms with Gasteiger partial charge in [0.1, 0.15) is 19.3 Å². The first-order valence-corrected chi connectivity index (χ1v) is 40.5. The molecule has 2 unspecified atom stereocenters. The number of unbranched alkanes of at least 4 members (excludes halogenated alkanes) is 41. The molecule has 0 aromatic carbocycles. The zero-order valence-corrected chi connectivity index (χ0v) is 60.9. The highest BCUT2D eigenvalue weighted by Crippen LogP contribution is 2.45. The molecular weight excluding hydrogens is 1200 g/mol. The Bertz CT molecular complexity index is 1770. The molecule has 0 radical (unpaired) electrons. The molecule has 5 atom stereocenters. The Morgan fingerprint density at radius 1 is 0.297 bits per heavy atom. The molecular formula is C72H140O17P2. The van der Waals surface area contributed by atoms with Crippen LogP contribution in [-0.4, -0.2) is 96.7 Å². The van der Waals surface area contributed by atoms with Gasteiger partial charge in [0.2, 0.25) is 0 Å². The van der Waals surface area contributed by atoms with Crippen LogP contribution in [0.1, 0.15) is 369 Å². The molecule has 0 aromatic rings. The Morgan fingerprint density at radius 2 is 0.505 bits per heavy atom. The van der Waals surface area contributed by atoms with Gasteiger partial charge in [0.25, 0.3) is 0 Å². The fourth-order valence-corrected chi connectivity index (χ4v) is 12.5. The predicted octanol–water partition coefficient (Wildman–Crippen LogP) is 20.8. The first-order valence-electron chi connectivity index (χ1n) is 37.5. The average molecular weight is 1340 g/mol. The van der Waals surface area contributed by atoms with Crippen LogP contribution in [-0.2, 0) is 65.4 Å². The van der Waals surface area contributed by atoms with E-state index < -0.39 is 97.5 Å². The van der Waals surface area contributed by atoms with E-state index in [4.69, 9.17) is 37.0 Å². The molecule has 3 N–H and O–H groups in total. The number of aliphatic hydroxyl groups excluding tert-OH is 1. The molecule has 540 valence electrons. The topological polar surface area (TPSA) is 237 Å². The van der Waals surface area contributed by atoms with Crippen LogP contribution in [0.5, 0.6) is 0 Å². The minimum atomic E-state index is -4.95. The van der Waals surface area contributed by atoms with Gasteiger partial charge >= 0.3 is 39.5 Å². The van der Waals surface area contributed by atoms with Crippen molar-refractivity contribution in [1.82, 2.24) is 0 Å². The third-order valence-electron chi connectivity index (χ3n) is 16.7. The lowest BCUT2D eigenvalue weighted by atomic mass is 10.0. The minimum Gasteiger partial charge on any atom is -0.462 e. The summed E-state index contributed by atoms with van der Waals surface area (Å²) in [6.45, 7) is 9.55. The summed E-state index contributed by atoms with van der Waals surface area (Å²) in [5.41, 5.74) is 0. The van der Waals surface area contributed by atoms with Crippen LogP contribution in [0.4, 0.5) is 0 Å². The largest absolute Gasteiger partial charge is 0.472 e. The Labute approximate surface area is 556 Å². The highest BCUT2D eigenvalue weighted by atomic mass is 31.2. The number of hydrogen-bond donors (Lipinski definition) is 3. The number of carbonyl (C=O) groups excluding carboxylic acids is 4. The lowest BCUT2D eigenvalue weighted by Gasteiger charge is -2.21. The standard InChI is InChI=1S/C72H140O17P2/c1-7-9-11-13-15-17-18-19-22-25-31-37-43-49-55-70(75)83-61-68(88-71(76)56-50-44-38-32-26-23-20-21-24-29-34-40-46-52-64(3)4)63-87-91(80,81)85-59-66(73)58-84-90(78,79)86-62-67(60-82-69(74)54-48-42-36-28-16-14-12-10-8-2)89-72(77)57-51-45-39-33-27-30-35-41-47-53-65(5)6/h64-68,73H,7-63H2,1-6H3,(H,78,79)(H,80,81)/t66-,67+,68+/m0/s1. The first-order chi connectivity index (χ1) is 43.9. The zero-order chi connectivity index (χ0) is 67.2. The van der Waals surface area contributed by atoms with E-state index >= 15 is 0 Å². The second-order valence-electron chi connectivity index (χ2n) is 26.9. The maximum absolute atomic E-state index is 13.0. The van der Waals surface area contributed by atoms with Crippen LogP contribution in [0.2, 0.25) is 0 Å². The van der Waals surface area contributed by atoms with E-state index in [2.05, 4.69) is 41.5 Å².